The van der Waals surface area contributed by atoms with Gasteiger partial charge < -0.3 is 9.64 Å². The minimum atomic E-state index is 0.587. The van der Waals surface area contributed by atoms with Crippen molar-refractivity contribution < 1.29 is 9.64 Å². The van der Waals surface area contributed by atoms with Crippen LogP contribution in [0.25, 0.3) is 0 Å². The molecule has 1 heterocycles. The first-order valence-electron chi connectivity index (χ1n) is 8.63. The Bertz CT molecular complexity index is 441. The normalized spacial score (nSPS) is 22.5. The fraction of sp³-hybridized carbons (Fsp3) is 0.684. The standard InChI is InChI=1S/C19H31NO/c1-15(2)19-9-8-18(13-17(19)4)21-12-6-11-20-10-5-7-16(3)14-20/h8-9,13,15-16H,5-7,10-12,14H2,1-4H3/p+1/t16-/m0/s1. The predicted molar refractivity (Wildman–Crippen MR) is 89.3 cm³/mol. The molecule has 1 unspecified atom stereocenters. The van der Waals surface area contributed by atoms with E-state index in [1.54, 1.807) is 4.90 Å². The third kappa shape index (κ3) is 5.03. The molecule has 0 bridgehead atoms. The van der Waals surface area contributed by atoms with Crippen LogP contribution in [0.4, 0.5) is 0 Å². The molecule has 2 atom stereocenters. The van der Waals surface area contributed by atoms with Crippen molar-refractivity contribution >= 4 is 0 Å². The molecule has 2 heteroatoms. The largest absolute Gasteiger partial charge is 0.493 e. The molecule has 1 aromatic rings. The van der Waals surface area contributed by atoms with Gasteiger partial charge in [0.25, 0.3) is 0 Å². The number of hydrogen-bond donors (Lipinski definition) is 1. The Morgan fingerprint density at radius 1 is 1.33 bits per heavy atom. The SMILES string of the molecule is Cc1cc(OCCC[NH+]2CCC[C@H](C)C2)ccc1C(C)C. The summed E-state index contributed by atoms with van der Waals surface area (Å²) in [5.41, 5.74) is 2.77. The second-order valence-corrected chi connectivity index (χ2v) is 7.08. The average Bonchev–Trinajstić information content (AvgIpc) is 2.43. The molecule has 118 valence electrons. The van der Waals surface area contributed by atoms with Crippen molar-refractivity contribution in [2.75, 3.05) is 26.2 Å². The first-order valence-corrected chi connectivity index (χ1v) is 8.63. The van der Waals surface area contributed by atoms with Gasteiger partial charge in [-0.3, -0.25) is 0 Å². The maximum absolute atomic E-state index is 5.93. The van der Waals surface area contributed by atoms with Crippen LogP contribution < -0.4 is 9.64 Å². The zero-order valence-electron chi connectivity index (χ0n) is 14.2. The van der Waals surface area contributed by atoms with Gasteiger partial charge in [0.1, 0.15) is 5.75 Å². The highest BCUT2D eigenvalue weighted by molar-refractivity contribution is 5.36. The predicted octanol–water partition coefficient (Wildman–Crippen LogP) is 3.20. The molecule has 0 aromatic heterocycles. The number of piperidine rings is 1. The zero-order chi connectivity index (χ0) is 15.2. The molecular formula is C19H32NO+. The first-order chi connectivity index (χ1) is 10.1. The number of quaternary nitrogens is 1. The summed E-state index contributed by atoms with van der Waals surface area (Å²) >= 11 is 0. The number of hydrogen-bond acceptors (Lipinski definition) is 1. The summed E-state index contributed by atoms with van der Waals surface area (Å²) in [6, 6.07) is 6.52. The van der Waals surface area contributed by atoms with E-state index in [4.69, 9.17) is 4.74 Å². The summed E-state index contributed by atoms with van der Waals surface area (Å²) in [5, 5.41) is 0. The van der Waals surface area contributed by atoms with E-state index in [9.17, 15) is 0 Å². The number of ether oxygens (including phenoxy) is 1. The van der Waals surface area contributed by atoms with Gasteiger partial charge in [0, 0.05) is 12.3 Å². The Labute approximate surface area is 130 Å². The molecule has 21 heavy (non-hydrogen) atoms. The fourth-order valence-corrected chi connectivity index (χ4v) is 3.52. The highest BCUT2D eigenvalue weighted by atomic mass is 16.5. The van der Waals surface area contributed by atoms with Gasteiger partial charge in [0.2, 0.25) is 0 Å². The van der Waals surface area contributed by atoms with E-state index < -0.39 is 0 Å². The van der Waals surface area contributed by atoms with Gasteiger partial charge in [0.15, 0.2) is 0 Å². The maximum atomic E-state index is 5.93. The monoisotopic (exact) mass is 290 g/mol. The van der Waals surface area contributed by atoms with E-state index in [2.05, 4.69) is 45.9 Å². The van der Waals surface area contributed by atoms with Crippen LogP contribution in [0, 0.1) is 12.8 Å². The molecule has 1 fully saturated rings. The second-order valence-electron chi connectivity index (χ2n) is 7.08. The van der Waals surface area contributed by atoms with E-state index in [1.807, 2.05) is 0 Å². The van der Waals surface area contributed by atoms with Crippen molar-refractivity contribution in [2.45, 2.75) is 52.9 Å². The quantitative estimate of drug-likeness (QED) is 0.794. The number of aryl methyl sites for hydroxylation is 1. The number of nitrogens with one attached hydrogen (secondary N) is 1. The van der Waals surface area contributed by atoms with Crippen molar-refractivity contribution in [2.24, 2.45) is 5.92 Å². The smallest absolute Gasteiger partial charge is 0.119 e. The lowest BCUT2D eigenvalue weighted by atomic mass is 9.98. The molecule has 0 spiro atoms. The van der Waals surface area contributed by atoms with Crippen LogP contribution in [0.5, 0.6) is 5.75 Å². The summed E-state index contributed by atoms with van der Waals surface area (Å²) in [5.74, 6) is 2.52. The highest BCUT2D eigenvalue weighted by Gasteiger charge is 2.18. The zero-order valence-corrected chi connectivity index (χ0v) is 14.2. The van der Waals surface area contributed by atoms with E-state index in [0.29, 0.717) is 5.92 Å². The molecule has 2 rings (SSSR count). The molecule has 1 aliphatic rings. The number of rotatable bonds is 6. The first kappa shape index (κ1) is 16.4. The molecule has 1 aliphatic heterocycles. The molecule has 0 radical (unpaired) electrons. The summed E-state index contributed by atoms with van der Waals surface area (Å²) in [6.07, 6.45) is 3.97. The number of likely N-dealkylation sites (tertiary alicyclic amines) is 1. The van der Waals surface area contributed by atoms with Gasteiger partial charge in [-0.1, -0.05) is 26.8 Å². The van der Waals surface area contributed by atoms with Gasteiger partial charge in [-0.2, -0.15) is 0 Å². The highest BCUT2D eigenvalue weighted by Crippen LogP contribution is 2.23. The van der Waals surface area contributed by atoms with Crippen molar-refractivity contribution in [3.05, 3.63) is 29.3 Å². The lowest BCUT2D eigenvalue weighted by Crippen LogP contribution is -3.13. The Hall–Kier alpha value is -1.02. The van der Waals surface area contributed by atoms with Crippen LogP contribution in [-0.4, -0.2) is 26.2 Å². The molecule has 0 amide bonds. The van der Waals surface area contributed by atoms with Crippen molar-refractivity contribution in [3.8, 4) is 5.75 Å². The Balaban J connectivity index is 1.72. The van der Waals surface area contributed by atoms with E-state index >= 15 is 0 Å². The molecular weight excluding hydrogens is 258 g/mol. The fourth-order valence-electron chi connectivity index (χ4n) is 3.52. The third-order valence-electron chi connectivity index (χ3n) is 4.67. The Morgan fingerprint density at radius 2 is 2.14 bits per heavy atom. The summed E-state index contributed by atoms with van der Waals surface area (Å²) in [6.45, 7) is 13.9. The van der Waals surface area contributed by atoms with Gasteiger partial charge in [-0.15, -0.1) is 0 Å². The minimum absolute atomic E-state index is 0.587. The van der Waals surface area contributed by atoms with Gasteiger partial charge in [0.05, 0.1) is 26.2 Å². The van der Waals surface area contributed by atoms with Gasteiger partial charge in [-0.25, -0.2) is 0 Å². The third-order valence-corrected chi connectivity index (χ3v) is 4.67. The Kier molecular flexibility index (Phi) is 6.10. The maximum Gasteiger partial charge on any atom is 0.119 e. The number of benzene rings is 1. The Morgan fingerprint density at radius 3 is 2.81 bits per heavy atom. The average molecular weight is 290 g/mol. The molecule has 2 nitrogen and oxygen atoms in total. The molecule has 1 saturated heterocycles. The lowest BCUT2D eigenvalue weighted by molar-refractivity contribution is -0.908. The van der Waals surface area contributed by atoms with Gasteiger partial charge >= 0.3 is 0 Å². The van der Waals surface area contributed by atoms with Crippen molar-refractivity contribution in [3.63, 3.8) is 0 Å². The summed E-state index contributed by atoms with van der Waals surface area (Å²) in [4.78, 5) is 1.77. The van der Waals surface area contributed by atoms with Crippen LogP contribution in [0.3, 0.4) is 0 Å². The molecule has 1 aromatic carbocycles. The molecule has 0 saturated carbocycles. The van der Waals surface area contributed by atoms with Crippen LogP contribution in [0.2, 0.25) is 0 Å². The molecule has 0 aliphatic carbocycles. The van der Waals surface area contributed by atoms with Crippen molar-refractivity contribution in [1.29, 1.82) is 0 Å². The lowest BCUT2D eigenvalue weighted by Gasteiger charge is -2.27. The minimum Gasteiger partial charge on any atom is -0.493 e. The van der Waals surface area contributed by atoms with Gasteiger partial charge in [-0.05, 0) is 48.9 Å². The summed E-state index contributed by atoms with van der Waals surface area (Å²) < 4.78 is 5.93. The summed E-state index contributed by atoms with van der Waals surface area (Å²) in [7, 11) is 0. The molecule has 1 N–H and O–H groups in total. The van der Waals surface area contributed by atoms with Crippen molar-refractivity contribution in [1.82, 2.24) is 0 Å². The van der Waals surface area contributed by atoms with Crippen LogP contribution in [0.15, 0.2) is 18.2 Å². The van der Waals surface area contributed by atoms with Crippen LogP contribution >= 0.6 is 0 Å². The van der Waals surface area contributed by atoms with Crippen LogP contribution in [0.1, 0.15) is 57.1 Å². The topological polar surface area (TPSA) is 13.7 Å². The van der Waals surface area contributed by atoms with E-state index in [-0.39, 0.29) is 0 Å². The second kappa shape index (κ2) is 7.84. The van der Waals surface area contributed by atoms with E-state index in [1.165, 1.54) is 43.6 Å². The van der Waals surface area contributed by atoms with E-state index in [0.717, 1.165) is 24.7 Å². The van der Waals surface area contributed by atoms with Crippen LogP contribution in [-0.2, 0) is 0 Å².